The summed E-state index contributed by atoms with van der Waals surface area (Å²) in [6.07, 6.45) is 0. The zero-order chi connectivity index (χ0) is 20.1. The van der Waals surface area contributed by atoms with Crippen molar-refractivity contribution in [3.8, 4) is 11.5 Å². The molecule has 0 aliphatic carbocycles. The van der Waals surface area contributed by atoms with Crippen LogP contribution in [0.3, 0.4) is 0 Å². The second kappa shape index (κ2) is 8.95. The molecule has 0 aliphatic rings. The third-order valence-corrected chi connectivity index (χ3v) is 4.25. The standard InChI is InChI=1S/C20H25ClN2O4/c1-11(2)10-27-18-16(21)7-14(8-17(18)26-5)19(24)22-9-15-12(3)6-13(4)23-20(15)25/h6-8,11H,9-10H2,1-5H3,(H,22,24)(H,23,25). The number of hydrogen-bond donors (Lipinski definition) is 2. The summed E-state index contributed by atoms with van der Waals surface area (Å²) in [7, 11) is 1.49. The second-order valence-electron chi connectivity index (χ2n) is 6.82. The summed E-state index contributed by atoms with van der Waals surface area (Å²) in [4.78, 5) is 27.3. The molecule has 1 aromatic heterocycles. The van der Waals surface area contributed by atoms with Gasteiger partial charge in [-0.05, 0) is 43.5 Å². The Morgan fingerprint density at radius 1 is 1.26 bits per heavy atom. The van der Waals surface area contributed by atoms with Crippen LogP contribution in [0.2, 0.25) is 5.02 Å². The molecule has 146 valence electrons. The molecule has 0 spiro atoms. The van der Waals surface area contributed by atoms with Gasteiger partial charge in [-0.15, -0.1) is 0 Å². The Morgan fingerprint density at radius 3 is 2.56 bits per heavy atom. The molecule has 0 fully saturated rings. The molecule has 27 heavy (non-hydrogen) atoms. The molecule has 1 aromatic carbocycles. The van der Waals surface area contributed by atoms with E-state index in [2.05, 4.69) is 10.3 Å². The summed E-state index contributed by atoms with van der Waals surface area (Å²) in [5.41, 5.74) is 2.24. The van der Waals surface area contributed by atoms with Crippen LogP contribution >= 0.6 is 11.6 Å². The van der Waals surface area contributed by atoms with Crippen molar-refractivity contribution in [1.29, 1.82) is 0 Å². The molecule has 0 aliphatic heterocycles. The van der Waals surface area contributed by atoms with Crippen molar-refractivity contribution in [3.05, 3.63) is 56.0 Å². The van der Waals surface area contributed by atoms with Crippen LogP contribution in [0.25, 0.3) is 0 Å². The molecule has 6 nitrogen and oxygen atoms in total. The van der Waals surface area contributed by atoms with Gasteiger partial charge >= 0.3 is 0 Å². The van der Waals surface area contributed by atoms with Gasteiger partial charge in [0.15, 0.2) is 11.5 Å². The highest BCUT2D eigenvalue weighted by molar-refractivity contribution is 6.32. The zero-order valence-electron chi connectivity index (χ0n) is 16.2. The number of pyridine rings is 1. The normalized spacial score (nSPS) is 10.8. The van der Waals surface area contributed by atoms with E-state index >= 15 is 0 Å². The quantitative estimate of drug-likeness (QED) is 0.754. The lowest BCUT2D eigenvalue weighted by Crippen LogP contribution is -2.28. The Balaban J connectivity index is 2.19. The minimum absolute atomic E-state index is 0.117. The Hall–Kier alpha value is -2.47. The Labute approximate surface area is 163 Å². The van der Waals surface area contributed by atoms with Crippen molar-refractivity contribution in [2.75, 3.05) is 13.7 Å². The summed E-state index contributed by atoms with van der Waals surface area (Å²) < 4.78 is 11.0. The molecule has 0 unspecified atom stereocenters. The zero-order valence-corrected chi connectivity index (χ0v) is 17.0. The van der Waals surface area contributed by atoms with E-state index in [1.54, 1.807) is 6.07 Å². The van der Waals surface area contributed by atoms with Crippen LogP contribution in [0.4, 0.5) is 0 Å². The van der Waals surface area contributed by atoms with Crippen molar-refractivity contribution >= 4 is 17.5 Å². The lowest BCUT2D eigenvalue weighted by molar-refractivity contribution is 0.0950. The van der Waals surface area contributed by atoms with E-state index in [1.165, 1.54) is 13.2 Å². The smallest absolute Gasteiger partial charge is 0.253 e. The number of benzene rings is 1. The van der Waals surface area contributed by atoms with E-state index < -0.39 is 0 Å². The van der Waals surface area contributed by atoms with Crippen molar-refractivity contribution in [2.45, 2.75) is 34.2 Å². The van der Waals surface area contributed by atoms with Gasteiger partial charge in [-0.3, -0.25) is 9.59 Å². The minimum atomic E-state index is -0.356. The summed E-state index contributed by atoms with van der Waals surface area (Å²) >= 11 is 6.29. The number of H-pyrrole nitrogens is 1. The summed E-state index contributed by atoms with van der Waals surface area (Å²) in [5, 5.41) is 3.05. The Morgan fingerprint density at radius 2 is 1.96 bits per heavy atom. The van der Waals surface area contributed by atoms with E-state index in [1.807, 2.05) is 33.8 Å². The molecule has 2 aromatic rings. The molecule has 0 radical (unpaired) electrons. The predicted octanol–water partition coefficient (Wildman–Crippen LogP) is 3.62. The minimum Gasteiger partial charge on any atom is -0.493 e. The monoisotopic (exact) mass is 392 g/mol. The third kappa shape index (κ3) is 5.26. The van der Waals surface area contributed by atoms with Crippen LogP contribution < -0.4 is 20.3 Å². The van der Waals surface area contributed by atoms with Crippen molar-refractivity contribution in [3.63, 3.8) is 0 Å². The number of hydrogen-bond acceptors (Lipinski definition) is 4. The number of carbonyl (C=O) groups excluding carboxylic acids is 1. The summed E-state index contributed by atoms with van der Waals surface area (Å²) in [5.74, 6) is 0.766. The maximum absolute atomic E-state index is 12.5. The molecule has 0 atom stereocenters. The third-order valence-electron chi connectivity index (χ3n) is 3.97. The van der Waals surface area contributed by atoms with Crippen molar-refractivity contribution in [2.24, 2.45) is 5.92 Å². The predicted molar refractivity (Wildman–Crippen MR) is 106 cm³/mol. The highest BCUT2D eigenvalue weighted by Crippen LogP contribution is 2.36. The molecule has 0 saturated heterocycles. The van der Waals surface area contributed by atoms with Gasteiger partial charge in [0.2, 0.25) is 0 Å². The second-order valence-corrected chi connectivity index (χ2v) is 7.23. The van der Waals surface area contributed by atoms with E-state index in [9.17, 15) is 9.59 Å². The van der Waals surface area contributed by atoms with E-state index in [0.717, 1.165) is 11.3 Å². The van der Waals surface area contributed by atoms with Crippen LogP contribution in [-0.2, 0) is 6.54 Å². The van der Waals surface area contributed by atoms with E-state index in [0.29, 0.717) is 40.2 Å². The van der Waals surface area contributed by atoms with Gasteiger partial charge in [0.1, 0.15) is 0 Å². The number of halogens is 1. The molecular weight excluding hydrogens is 368 g/mol. The largest absolute Gasteiger partial charge is 0.493 e. The molecule has 1 heterocycles. The average molecular weight is 393 g/mol. The fourth-order valence-electron chi connectivity index (χ4n) is 2.61. The molecule has 2 rings (SSSR count). The maximum atomic E-state index is 12.5. The fourth-order valence-corrected chi connectivity index (χ4v) is 2.88. The van der Waals surface area contributed by atoms with E-state index in [4.69, 9.17) is 21.1 Å². The fraction of sp³-hybridized carbons (Fsp3) is 0.400. The number of methoxy groups -OCH3 is 1. The SMILES string of the molecule is COc1cc(C(=O)NCc2c(C)cc(C)[nH]c2=O)cc(Cl)c1OCC(C)C. The van der Waals surface area contributed by atoms with Gasteiger partial charge < -0.3 is 19.8 Å². The topological polar surface area (TPSA) is 80.4 Å². The van der Waals surface area contributed by atoms with Gasteiger partial charge in [-0.25, -0.2) is 0 Å². The van der Waals surface area contributed by atoms with Crippen LogP contribution in [0, 0.1) is 19.8 Å². The van der Waals surface area contributed by atoms with Crippen LogP contribution in [-0.4, -0.2) is 24.6 Å². The number of amides is 1. The van der Waals surface area contributed by atoms with Crippen LogP contribution in [0.1, 0.15) is 41.0 Å². The molecule has 7 heteroatoms. The number of ether oxygens (including phenoxy) is 2. The summed E-state index contributed by atoms with van der Waals surface area (Å²) in [6.45, 7) is 8.30. The van der Waals surface area contributed by atoms with Gasteiger partial charge in [-0.1, -0.05) is 25.4 Å². The number of carbonyl (C=O) groups is 1. The number of aromatic nitrogens is 1. The molecule has 0 saturated carbocycles. The number of aryl methyl sites for hydroxylation is 2. The van der Waals surface area contributed by atoms with Gasteiger partial charge in [0.25, 0.3) is 11.5 Å². The number of rotatable bonds is 7. The molecule has 0 bridgehead atoms. The van der Waals surface area contributed by atoms with Crippen molar-refractivity contribution in [1.82, 2.24) is 10.3 Å². The van der Waals surface area contributed by atoms with Gasteiger partial charge in [0.05, 0.1) is 18.7 Å². The average Bonchev–Trinajstić information content (AvgIpc) is 2.58. The Kier molecular flexibility index (Phi) is 6.91. The van der Waals surface area contributed by atoms with Crippen molar-refractivity contribution < 1.29 is 14.3 Å². The summed E-state index contributed by atoms with van der Waals surface area (Å²) in [6, 6.07) is 4.97. The lowest BCUT2D eigenvalue weighted by Gasteiger charge is -2.15. The first-order valence-corrected chi connectivity index (χ1v) is 9.08. The first-order valence-electron chi connectivity index (χ1n) is 8.70. The number of nitrogens with one attached hydrogen (secondary N) is 2. The highest BCUT2D eigenvalue weighted by atomic mass is 35.5. The molecule has 1 amide bonds. The first kappa shape index (κ1) is 20.8. The number of aromatic amines is 1. The molecular formula is C20H25ClN2O4. The highest BCUT2D eigenvalue weighted by Gasteiger charge is 2.17. The van der Waals surface area contributed by atoms with Crippen LogP contribution in [0.15, 0.2) is 23.0 Å². The maximum Gasteiger partial charge on any atom is 0.253 e. The first-order chi connectivity index (χ1) is 12.7. The Bertz CT molecular complexity index is 890. The lowest BCUT2D eigenvalue weighted by atomic mass is 10.1. The molecule has 2 N–H and O–H groups in total. The van der Waals surface area contributed by atoms with E-state index in [-0.39, 0.29) is 18.0 Å². The van der Waals surface area contributed by atoms with Gasteiger partial charge in [0, 0.05) is 23.4 Å². The van der Waals surface area contributed by atoms with Gasteiger partial charge in [-0.2, -0.15) is 0 Å². The van der Waals surface area contributed by atoms with Crippen LogP contribution in [0.5, 0.6) is 11.5 Å².